The van der Waals surface area contributed by atoms with Gasteiger partial charge in [0.1, 0.15) is 5.75 Å². The van der Waals surface area contributed by atoms with Crippen molar-refractivity contribution in [2.24, 2.45) is 5.92 Å². The lowest BCUT2D eigenvalue weighted by molar-refractivity contribution is -0.141. The number of carboxylic acids is 1. The van der Waals surface area contributed by atoms with Gasteiger partial charge >= 0.3 is 5.97 Å². The van der Waals surface area contributed by atoms with E-state index in [2.05, 4.69) is 5.32 Å². The van der Waals surface area contributed by atoms with Gasteiger partial charge in [-0.25, -0.2) is 0 Å². The van der Waals surface area contributed by atoms with Gasteiger partial charge in [-0.2, -0.15) is 0 Å². The summed E-state index contributed by atoms with van der Waals surface area (Å²) in [6.07, 6.45) is 1.23. The highest BCUT2D eigenvalue weighted by Crippen LogP contribution is 2.25. The van der Waals surface area contributed by atoms with Gasteiger partial charge in [0.2, 0.25) is 0 Å². The molecule has 0 bridgehead atoms. The van der Waals surface area contributed by atoms with Crippen molar-refractivity contribution in [3.05, 3.63) is 30.3 Å². The van der Waals surface area contributed by atoms with Crippen LogP contribution < -0.4 is 10.1 Å². The Bertz CT molecular complexity index is 474. The van der Waals surface area contributed by atoms with Crippen LogP contribution in [-0.4, -0.2) is 29.1 Å². The molecule has 1 aromatic carbocycles. The molecule has 5 nitrogen and oxygen atoms in total. The number of rotatable bonds is 5. The molecule has 0 spiro atoms. The maximum absolute atomic E-state index is 12.0. The number of carboxylic acid groups (broad SMARTS) is 1. The van der Waals surface area contributed by atoms with Gasteiger partial charge in [0.15, 0.2) is 6.10 Å². The van der Waals surface area contributed by atoms with E-state index in [1.165, 1.54) is 0 Å². The number of hydrogen-bond donors (Lipinski definition) is 2. The Morgan fingerprint density at radius 1 is 1.30 bits per heavy atom. The molecule has 0 heterocycles. The van der Waals surface area contributed by atoms with E-state index in [-0.39, 0.29) is 17.9 Å². The van der Waals surface area contributed by atoms with E-state index in [1.54, 1.807) is 19.1 Å². The Hall–Kier alpha value is -2.04. The summed E-state index contributed by atoms with van der Waals surface area (Å²) in [7, 11) is 0. The standard InChI is InChI=1S/C15H19NO4/c1-10(20-13-5-3-2-4-6-13)14(17)16-12-8-7-11(9-12)15(18)19/h2-6,10-12H,7-9H2,1H3,(H,16,17)(H,18,19). The van der Waals surface area contributed by atoms with Crippen LogP contribution in [0.25, 0.3) is 0 Å². The van der Waals surface area contributed by atoms with E-state index in [0.717, 1.165) is 0 Å². The highest BCUT2D eigenvalue weighted by Gasteiger charge is 2.31. The average Bonchev–Trinajstić information content (AvgIpc) is 2.88. The zero-order valence-corrected chi connectivity index (χ0v) is 11.4. The Morgan fingerprint density at radius 2 is 2.00 bits per heavy atom. The lowest BCUT2D eigenvalue weighted by Crippen LogP contribution is -2.41. The van der Waals surface area contributed by atoms with Crippen LogP contribution in [0.1, 0.15) is 26.2 Å². The van der Waals surface area contributed by atoms with Crippen molar-refractivity contribution in [2.75, 3.05) is 0 Å². The van der Waals surface area contributed by atoms with Crippen molar-refractivity contribution >= 4 is 11.9 Å². The molecule has 0 radical (unpaired) electrons. The fourth-order valence-electron chi connectivity index (χ4n) is 2.41. The average molecular weight is 277 g/mol. The first kappa shape index (κ1) is 14.4. The van der Waals surface area contributed by atoms with Crippen LogP contribution in [0, 0.1) is 5.92 Å². The van der Waals surface area contributed by atoms with Crippen molar-refractivity contribution in [3.63, 3.8) is 0 Å². The van der Waals surface area contributed by atoms with E-state index < -0.39 is 12.1 Å². The quantitative estimate of drug-likeness (QED) is 0.861. The molecule has 108 valence electrons. The molecular formula is C15H19NO4. The number of benzene rings is 1. The predicted molar refractivity (Wildman–Crippen MR) is 73.4 cm³/mol. The second-order valence-electron chi connectivity index (χ2n) is 5.13. The summed E-state index contributed by atoms with van der Waals surface area (Å²) in [6.45, 7) is 1.69. The highest BCUT2D eigenvalue weighted by molar-refractivity contribution is 5.81. The number of amides is 1. The van der Waals surface area contributed by atoms with Crippen molar-refractivity contribution in [1.82, 2.24) is 5.32 Å². The summed E-state index contributed by atoms with van der Waals surface area (Å²) in [5, 5.41) is 11.8. The molecule has 20 heavy (non-hydrogen) atoms. The molecule has 1 saturated carbocycles. The molecule has 1 aromatic rings. The smallest absolute Gasteiger partial charge is 0.306 e. The van der Waals surface area contributed by atoms with E-state index in [0.29, 0.717) is 25.0 Å². The summed E-state index contributed by atoms with van der Waals surface area (Å²) in [6, 6.07) is 9.08. The lowest BCUT2D eigenvalue weighted by atomic mass is 10.1. The summed E-state index contributed by atoms with van der Waals surface area (Å²) in [5.41, 5.74) is 0. The number of para-hydroxylation sites is 1. The van der Waals surface area contributed by atoms with Gasteiger partial charge in [0.25, 0.3) is 5.91 Å². The number of aliphatic carboxylic acids is 1. The first-order chi connectivity index (χ1) is 9.56. The number of carbonyl (C=O) groups is 2. The number of carbonyl (C=O) groups excluding carboxylic acids is 1. The second kappa shape index (κ2) is 6.41. The molecular weight excluding hydrogens is 258 g/mol. The zero-order valence-electron chi connectivity index (χ0n) is 11.4. The van der Waals surface area contributed by atoms with Crippen LogP contribution in [0.4, 0.5) is 0 Å². The third-order valence-electron chi connectivity index (χ3n) is 3.55. The molecule has 5 heteroatoms. The molecule has 3 unspecified atom stereocenters. The van der Waals surface area contributed by atoms with Gasteiger partial charge in [0, 0.05) is 6.04 Å². The highest BCUT2D eigenvalue weighted by atomic mass is 16.5. The summed E-state index contributed by atoms with van der Waals surface area (Å²) < 4.78 is 5.53. The van der Waals surface area contributed by atoms with Gasteiger partial charge in [0.05, 0.1) is 5.92 Å². The lowest BCUT2D eigenvalue weighted by Gasteiger charge is -2.18. The Balaban J connectivity index is 1.81. The molecule has 2 rings (SSSR count). The molecule has 1 aliphatic carbocycles. The minimum Gasteiger partial charge on any atom is -0.481 e. The third kappa shape index (κ3) is 3.73. The Morgan fingerprint density at radius 3 is 2.60 bits per heavy atom. The Labute approximate surface area is 117 Å². The van der Waals surface area contributed by atoms with E-state index in [4.69, 9.17) is 9.84 Å². The van der Waals surface area contributed by atoms with Crippen molar-refractivity contribution < 1.29 is 19.4 Å². The van der Waals surface area contributed by atoms with Crippen molar-refractivity contribution in [2.45, 2.75) is 38.3 Å². The molecule has 1 fully saturated rings. The van der Waals surface area contributed by atoms with E-state index in [1.807, 2.05) is 18.2 Å². The zero-order chi connectivity index (χ0) is 14.5. The van der Waals surface area contributed by atoms with Gasteiger partial charge in [-0.05, 0) is 38.3 Å². The van der Waals surface area contributed by atoms with Crippen molar-refractivity contribution in [3.8, 4) is 5.75 Å². The monoisotopic (exact) mass is 277 g/mol. The normalized spacial score (nSPS) is 23.1. The van der Waals surface area contributed by atoms with Crippen LogP contribution in [-0.2, 0) is 9.59 Å². The fourth-order valence-corrected chi connectivity index (χ4v) is 2.41. The molecule has 0 aromatic heterocycles. The third-order valence-corrected chi connectivity index (χ3v) is 3.55. The van der Waals surface area contributed by atoms with Gasteiger partial charge in [-0.1, -0.05) is 18.2 Å². The minimum absolute atomic E-state index is 0.0644. The SMILES string of the molecule is CC(Oc1ccccc1)C(=O)NC1CCC(C(=O)O)C1. The van der Waals surface area contributed by atoms with Crippen LogP contribution in [0.5, 0.6) is 5.75 Å². The molecule has 3 atom stereocenters. The number of ether oxygens (including phenoxy) is 1. The van der Waals surface area contributed by atoms with Gasteiger partial charge in [-0.3, -0.25) is 9.59 Å². The summed E-state index contributed by atoms with van der Waals surface area (Å²) >= 11 is 0. The summed E-state index contributed by atoms with van der Waals surface area (Å²) in [5.74, 6) is -0.684. The topological polar surface area (TPSA) is 75.6 Å². The summed E-state index contributed by atoms with van der Waals surface area (Å²) in [4.78, 5) is 22.9. The van der Waals surface area contributed by atoms with Crippen LogP contribution in [0.3, 0.4) is 0 Å². The van der Waals surface area contributed by atoms with E-state index >= 15 is 0 Å². The largest absolute Gasteiger partial charge is 0.481 e. The molecule has 1 amide bonds. The van der Waals surface area contributed by atoms with Gasteiger partial charge in [-0.15, -0.1) is 0 Å². The van der Waals surface area contributed by atoms with Gasteiger partial charge < -0.3 is 15.2 Å². The molecule has 2 N–H and O–H groups in total. The van der Waals surface area contributed by atoms with Crippen LogP contribution >= 0.6 is 0 Å². The number of nitrogens with one attached hydrogen (secondary N) is 1. The first-order valence-corrected chi connectivity index (χ1v) is 6.81. The Kier molecular flexibility index (Phi) is 4.61. The first-order valence-electron chi connectivity index (χ1n) is 6.81. The number of hydrogen-bond acceptors (Lipinski definition) is 3. The van der Waals surface area contributed by atoms with Crippen LogP contribution in [0.15, 0.2) is 30.3 Å². The minimum atomic E-state index is -0.782. The van der Waals surface area contributed by atoms with E-state index in [9.17, 15) is 9.59 Å². The maximum Gasteiger partial charge on any atom is 0.306 e. The maximum atomic E-state index is 12.0. The molecule has 0 aliphatic heterocycles. The predicted octanol–water partition coefficient (Wildman–Crippen LogP) is 1.82. The molecule has 1 aliphatic rings. The second-order valence-corrected chi connectivity index (χ2v) is 5.13. The fraction of sp³-hybridized carbons (Fsp3) is 0.467. The molecule has 0 saturated heterocycles. The van der Waals surface area contributed by atoms with Crippen molar-refractivity contribution in [1.29, 1.82) is 0 Å². The van der Waals surface area contributed by atoms with Crippen LogP contribution in [0.2, 0.25) is 0 Å².